The van der Waals surface area contributed by atoms with Crippen molar-refractivity contribution in [2.75, 3.05) is 23.7 Å². The lowest BCUT2D eigenvalue weighted by molar-refractivity contribution is 0.0866. The molecule has 2 aromatic carbocycles. The summed E-state index contributed by atoms with van der Waals surface area (Å²) in [5, 5.41) is 26.0. The molecular weight excluding hydrogens is 606 g/mol. The maximum atomic E-state index is 14.8. The van der Waals surface area contributed by atoms with Crippen LogP contribution >= 0.6 is 11.6 Å². The number of terminal acetylenes is 1. The molecule has 11 heteroatoms. The average Bonchev–Trinajstić information content (AvgIpc) is 3.52. The molecule has 5 rings (SSSR count). The van der Waals surface area contributed by atoms with E-state index in [1.807, 2.05) is 41.2 Å². The number of rotatable bonds is 8. The number of hydrogen-bond donors (Lipinski definition) is 2. The van der Waals surface area contributed by atoms with E-state index in [2.05, 4.69) is 63.6 Å². The maximum Gasteiger partial charge on any atom is 0.157 e. The minimum atomic E-state index is -0.993. The Morgan fingerprint density at radius 1 is 1.17 bits per heavy atom. The summed E-state index contributed by atoms with van der Waals surface area (Å²) in [5.74, 6) is 0.443. The van der Waals surface area contributed by atoms with Gasteiger partial charge in [0.15, 0.2) is 5.83 Å². The van der Waals surface area contributed by atoms with Crippen LogP contribution in [0.1, 0.15) is 69.4 Å². The number of nitrogens with one attached hydrogen (secondary N) is 2. The number of nitrogens with zero attached hydrogens (tertiary/aromatic N) is 6. The van der Waals surface area contributed by atoms with Crippen LogP contribution in [0.25, 0.3) is 10.9 Å². The second-order valence-corrected chi connectivity index (χ2v) is 12.6. The number of likely N-dealkylation sites (tertiary alicyclic amines) is 1. The van der Waals surface area contributed by atoms with Gasteiger partial charge in [0.05, 0.1) is 45.9 Å². The van der Waals surface area contributed by atoms with Gasteiger partial charge in [0.1, 0.15) is 17.5 Å². The smallest absolute Gasteiger partial charge is 0.157 e. The van der Waals surface area contributed by atoms with E-state index in [0.29, 0.717) is 27.7 Å². The van der Waals surface area contributed by atoms with Gasteiger partial charge in [0.2, 0.25) is 0 Å². The fourth-order valence-corrected chi connectivity index (χ4v) is 5.91. The van der Waals surface area contributed by atoms with Crippen LogP contribution in [-0.4, -0.2) is 43.5 Å². The monoisotopic (exact) mass is 640 g/mol. The number of benzene rings is 2. The summed E-state index contributed by atoms with van der Waals surface area (Å²) in [6.45, 7) is 9.78. The van der Waals surface area contributed by atoms with Crippen molar-refractivity contribution in [1.82, 2.24) is 24.9 Å². The molecular formula is C35H35ClF2N8. The van der Waals surface area contributed by atoms with Crippen LogP contribution in [0.4, 0.5) is 20.2 Å². The first-order valence-corrected chi connectivity index (χ1v) is 15.3. The van der Waals surface area contributed by atoms with E-state index in [1.54, 1.807) is 12.1 Å². The molecule has 1 saturated heterocycles. The molecule has 236 valence electrons. The molecule has 0 radical (unpaired) electrons. The summed E-state index contributed by atoms with van der Waals surface area (Å²) in [6.07, 6.45) is 11.5. The Kier molecular flexibility index (Phi) is 9.71. The number of fused-ring (bicyclic) bond motifs is 1. The normalized spacial score (nSPS) is 16.0. The van der Waals surface area contributed by atoms with Gasteiger partial charge < -0.3 is 10.6 Å². The van der Waals surface area contributed by atoms with Crippen molar-refractivity contribution in [3.8, 4) is 18.4 Å². The van der Waals surface area contributed by atoms with Crippen molar-refractivity contribution in [2.45, 2.75) is 58.2 Å². The van der Waals surface area contributed by atoms with Gasteiger partial charge in [-0.25, -0.2) is 13.5 Å². The fraction of sp³-hybridized carbons (Fsp3) is 0.314. The molecule has 3 heterocycles. The summed E-state index contributed by atoms with van der Waals surface area (Å²) >= 11 is 6.72. The lowest BCUT2D eigenvalue weighted by atomic mass is 9.98. The molecule has 1 fully saturated rings. The van der Waals surface area contributed by atoms with Gasteiger partial charge in [-0.05, 0) is 64.2 Å². The minimum Gasteiger partial charge on any atom is -0.373 e. The second kappa shape index (κ2) is 13.7. The zero-order chi connectivity index (χ0) is 33.0. The van der Waals surface area contributed by atoms with Crippen LogP contribution in [-0.2, 0) is 0 Å². The Bertz CT molecular complexity index is 1870. The van der Waals surface area contributed by atoms with Gasteiger partial charge in [-0.2, -0.15) is 5.26 Å². The number of piperidine rings is 1. The van der Waals surface area contributed by atoms with Crippen LogP contribution in [0.2, 0.25) is 5.02 Å². The van der Waals surface area contributed by atoms with E-state index in [9.17, 15) is 14.0 Å². The molecule has 0 spiro atoms. The zero-order valence-corrected chi connectivity index (χ0v) is 26.9. The number of anilines is 2. The minimum absolute atomic E-state index is 0.0993. The zero-order valence-electron chi connectivity index (χ0n) is 26.2. The van der Waals surface area contributed by atoms with Gasteiger partial charge >= 0.3 is 0 Å². The Balaban J connectivity index is 1.52. The third-order valence-corrected chi connectivity index (χ3v) is 8.35. The van der Waals surface area contributed by atoms with Crippen molar-refractivity contribution in [2.24, 2.45) is 0 Å². The molecule has 2 aromatic heterocycles. The predicted molar refractivity (Wildman–Crippen MR) is 178 cm³/mol. The standard InChI is InChI=1S/C35H35ClF2N8/c1-6-30(29(38)16-22(2)37)42-32-24(19-39)20-40-34-27(32)17-25(18-28(34)36)41-33(23-10-8-7-9-11-23)31-21-46(44-43-31)26-12-14-45(15-13-26)35(3,4)5/h1,7-11,16-18,20-21,26,33,41H,12-15H2,2-5H3,(H,40,42)/b22-16+,30-29-/t33-/m0/s1. The highest BCUT2D eigenvalue weighted by molar-refractivity contribution is 6.35. The molecule has 0 aliphatic carbocycles. The van der Waals surface area contributed by atoms with Gasteiger partial charge in [-0.15, -0.1) is 11.5 Å². The van der Waals surface area contributed by atoms with E-state index in [-0.39, 0.29) is 28.5 Å². The van der Waals surface area contributed by atoms with Crippen molar-refractivity contribution < 1.29 is 8.78 Å². The summed E-state index contributed by atoms with van der Waals surface area (Å²) in [5.41, 5.74) is 2.69. The topological polar surface area (TPSA) is 94.7 Å². The fourth-order valence-electron chi connectivity index (χ4n) is 5.64. The van der Waals surface area contributed by atoms with Crippen LogP contribution in [0.5, 0.6) is 0 Å². The quantitative estimate of drug-likeness (QED) is 0.148. The van der Waals surface area contributed by atoms with Crippen LogP contribution < -0.4 is 10.6 Å². The van der Waals surface area contributed by atoms with E-state index < -0.39 is 17.7 Å². The molecule has 0 unspecified atom stereocenters. The molecule has 4 aromatic rings. The van der Waals surface area contributed by atoms with Crippen molar-refractivity contribution >= 4 is 33.9 Å². The molecule has 0 bridgehead atoms. The summed E-state index contributed by atoms with van der Waals surface area (Å²) < 4.78 is 30.2. The molecule has 46 heavy (non-hydrogen) atoms. The van der Waals surface area contributed by atoms with Crippen LogP contribution in [0, 0.1) is 23.7 Å². The van der Waals surface area contributed by atoms with E-state index in [1.165, 1.54) is 6.20 Å². The first kappa shape index (κ1) is 32.6. The SMILES string of the molecule is C#C/C(Nc1c(C#N)cnc2c(Cl)cc(N[C@@H](c3ccccc3)c3cn(C4CCN(C(C)(C)C)CC4)nn3)cc12)=C(F)\C=C(/C)F. The number of halogens is 3. The molecule has 8 nitrogen and oxygen atoms in total. The molecule has 2 N–H and O–H groups in total. The second-order valence-electron chi connectivity index (χ2n) is 12.2. The van der Waals surface area contributed by atoms with Crippen molar-refractivity contribution in [3.05, 3.63) is 100 Å². The predicted octanol–water partition coefficient (Wildman–Crippen LogP) is 8.09. The molecule has 0 amide bonds. The number of nitriles is 1. The van der Waals surface area contributed by atoms with Crippen molar-refractivity contribution in [1.29, 1.82) is 5.26 Å². The van der Waals surface area contributed by atoms with Gasteiger partial charge in [-0.1, -0.05) is 47.1 Å². The largest absolute Gasteiger partial charge is 0.373 e. The third kappa shape index (κ3) is 7.20. The van der Waals surface area contributed by atoms with Crippen LogP contribution in [0.3, 0.4) is 0 Å². The Morgan fingerprint density at radius 3 is 2.52 bits per heavy atom. The number of allylic oxidation sites excluding steroid dienone is 4. The lowest BCUT2D eigenvalue weighted by Gasteiger charge is -2.40. The van der Waals surface area contributed by atoms with Gasteiger partial charge in [0, 0.05) is 42.0 Å². The summed E-state index contributed by atoms with van der Waals surface area (Å²) in [7, 11) is 0. The molecule has 1 aliphatic heterocycles. The van der Waals surface area contributed by atoms with E-state index in [4.69, 9.17) is 18.0 Å². The molecule has 0 saturated carbocycles. The average molecular weight is 641 g/mol. The highest BCUT2D eigenvalue weighted by Gasteiger charge is 2.29. The Labute approximate surface area is 272 Å². The first-order valence-electron chi connectivity index (χ1n) is 15.0. The van der Waals surface area contributed by atoms with Crippen molar-refractivity contribution in [3.63, 3.8) is 0 Å². The third-order valence-electron chi connectivity index (χ3n) is 8.06. The van der Waals surface area contributed by atoms with Gasteiger partial charge in [-0.3, -0.25) is 9.88 Å². The Hall–Kier alpha value is -4.77. The van der Waals surface area contributed by atoms with Gasteiger partial charge in [0.25, 0.3) is 0 Å². The lowest BCUT2D eigenvalue weighted by Crippen LogP contribution is -2.46. The summed E-state index contributed by atoms with van der Waals surface area (Å²) in [6, 6.07) is 15.2. The number of pyridine rings is 1. The summed E-state index contributed by atoms with van der Waals surface area (Å²) in [4.78, 5) is 6.86. The molecule has 1 atom stereocenters. The Morgan fingerprint density at radius 2 is 1.89 bits per heavy atom. The van der Waals surface area contributed by atoms with E-state index in [0.717, 1.165) is 44.1 Å². The van der Waals surface area contributed by atoms with E-state index >= 15 is 0 Å². The highest BCUT2D eigenvalue weighted by atomic mass is 35.5. The number of aromatic nitrogens is 4. The highest BCUT2D eigenvalue weighted by Crippen LogP contribution is 2.36. The number of hydrogen-bond acceptors (Lipinski definition) is 7. The molecule has 1 aliphatic rings. The van der Waals surface area contributed by atoms with Crippen LogP contribution in [0.15, 0.2) is 78.3 Å². The maximum absolute atomic E-state index is 14.8. The first-order chi connectivity index (χ1) is 22.0.